The van der Waals surface area contributed by atoms with Crippen molar-refractivity contribution in [2.24, 2.45) is 0 Å². The Balaban J connectivity index is 2.39. The van der Waals surface area contributed by atoms with Gasteiger partial charge in [-0.25, -0.2) is 12.8 Å². The molecule has 0 aromatic heterocycles. The van der Waals surface area contributed by atoms with Gasteiger partial charge in [0.2, 0.25) is 0 Å². The van der Waals surface area contributed by atoms with E-state index in [1.54, 1.807) is 6.07 Å². The van der Waals surface area contributed by atoms with Crippen molar-refractivity contribution >= 4 is 27.2 Å². The Morgan fingerprint density at radius 3 is 2.24 bits per heavy atom. The number of benzene rings is 2. The Bertz CT molecular complexity index is 770. The van der Waals surface area contributed by atoms with E-state index in [9.17, 15) is 17.6 Å². The number of Topliss-reactive ketones (excluding diaryl/α,β-unsaturated/α-hetero) is 1. The molecule has 0 fully saturated rings. The summed E-state index contributed by atoms with van der Waals surface area (Å²) in [7, 11) is -3.90. The Morgan fingerprint density at radius 1 is 1.10 bits per heavy atom. The second kappa shape index (κ2) is 5.95. The van der Waals surface area contributed by atoms with E-state index in [1.165, 1.54) is 37.3 Å². The summed E-state index contributed by atoms with van der Waals surface area (Å²) < 4.78 is 37.8. The molecule has 0 spiro atoms. The van der Waals surface area contributed by atoms with Gasteiger partial charge in [-0.1, -0.05) is 23.7 Å². The van der Waals surface area contributed by atoms with E-state index < -0.39 is 26.7 Å². The van der Waals surface area contributed by atoms with Crippen LogP contribution < -0.4 is 0 Å². The maximum Gasteiger partial charge on any atom is 0.189 e. The molecule has 2 aromatic carbocycles. The molecule has 1 unspecified atom stereocenters. The number of hydrogen-bond donors (Lipinski definition) is 0. The van der Waals surface area contributed by atoms with E-state index in [0.717, 1.165) is 12.1 Å². The molecule has 3 nitrogen and oxygen atoms in total. The Labute approximate surface area is 127 Å². The number of halogens is 2. The van der Waals surface area contributed by atoms with Gasteiger partial charge in [0.05, 0.1) is 9.92 Å². The van der Waals surface area contributed by atoms with E-state index in [4.69, 9.17) is 11.6 Å². The number of ketones is 1. The second-order valence-electron chi connectivity index (χ2n) is 4.49. The zero-order chi connectivity index (χ0) is 15.6. The van der Waals surface area contributed by atoms with Crippen LogP contribution in [0.25, 0.3) is 0 Å². The van der Waals surface area contributed by atoms with Crippen LogP contribution in [0.1, 0.15) is 17.3 Å². The molecule has 0 aliphatic carbocycles. The van der Waals surface area contributed by atoms with Gasteiger partial charge in [-0.3, -0.25) is 4.79 Å². The van der Waals surface area contributed by atoms with Crippen molar-refractivity contribution < 1.29 is 17.6 Å². The second-order valence-corrected chi connectivity index (χ2v) is 7.13. The van der Waals surface area contributed by atoms with Gasteiger partial charge in [-0.15, -0.1) is 0 Å². The highest BCUT2D eigenvalue weighted by Gasteiger charge is 2.31. The van der Waals surface area contributed by atoms with E-state index in [-0.39, 0.29) is 15.5 Å². The third-order valence-electron chi connectivity index (χ3n) is 3.11. The van der Waals surface area contributed by atoms with Crippen LogP contribution in [0.15, 0.2) is 53.4 Å². The minimum absolute atomic E-state index is 0.0660. The van der Waals surface area contributed by atoms with Crippen molar-refractivity contribution in [2.75, 3.05) is 0 Å². The summed E-state index contributed by atoms with van der Waals surface area (Å²) in [4.78, 5) is 12.2. The summed E-state index contributed by atoms with van der Waals surface area (Å²) in [5.74, 6) is -1.09. The highest BCUT2D eigenvalue weighted by Crippen LogP contribution is 2.26. The number of carbonyl (C=O) groups excluding carboxylic acids is 1. The maximum absolute atomic E-state index is 12.9. The first-order valence-corrected chi connectivity index (χ1v) is 8.04. The zero-order valence-electron chi connectivity index (χ0n) is 11.1. The fraction of sp³-hybridized carbons (Fsp3) is 0.133. The number of sulfone groups is 1. The summed E-state index contributed by atoms with van der Waals surface area (Å²) in [5, 5.41) is -1.24. The third kappa shape index (κ3) is 3.14. The number of carbonyl (C=O) groups is 1. The first-order chi connectivity index (χ1) is 9.84. The van der Waals surface area contributed by atoms with Crippen molar-refractivity contribution in [3.05, 3.63) is 64.9 Å². The molecule has 0 amide bonds. The summed E-state index contributed by atoms with van der Waals surface area (Å²) in [6, 6.07) is 10.7. The minimum atomic E-state index is -3.90. The molecule has 1 atom stereocenters. The number of rotatable bonds is 4. The van der Waals surface area contributed by atoms with Gasteiger partial charge in [0.15, 0.2) is 15.6 Å². The summed E-state index contributed by atoms with van der Waals surface area (Å²) >= 11 is 5.88. The topological polar surface area (TPSA) is 51.2 Å². The average Bonchev–Trinajstić information content (AvgIpc) is 2.46. The van der Waals surface area contributed by atoms with Crippen molar-refractivity contribution in [1.29, 1.82) is 0 Å². The lowest BCUT2D eigenvalue weighted by Gasteiger charge is -2.13. The number of hydrogen-bond acceptors (Lipinski definition) is 3. The van der Waals surface area contributed by atoms with Gasteiger partial charge >= 0.3 is 0 Å². The molecular weight excluding hydrogens is 315 g/mol. The van der Waals surface area contributed by atoms with Crippen LogP contribution in [0.5, 0.6) is 0 Å². The van der Waals surface area contributed by atoms with E-state index >= 15 is 0 Å². The Morgan fingerprint density at radius 2 is 1.67 bits per heavy atom. The quantitative estimate of drug-likeness (QED) is 0.808. The van der Waals surface area contributed by atoms with E-state index in [0.29, 0.717) is 0 Å². The van der Waals surface area contributed by atoms with Crippen molar-refractivity contribution in [3.63, 3.8) is 0 Å². The lowest BCUT2D eigenvalue weighted by molar-refractivity contribution is 0.0991. The predicted octanol–water partition coefficient (Wildman–Crippen LogP) is 3.52. The lowest BCUT2D eigenvalue weighted by atomic mass is 10.1. The molecule has 0 bridgehead atoms. The largest absolute Gasteiger partial charge is 0.293 e. The van der Waals surface area contributed by atoms with Crippen LogP contribution in [-0.2, 0) is 9.84 Å². The van der Waals surface area contributed by atoms with Crippen LogP contribution in [0.2, 0.25) is 5.02 Å². The van der Waals surface area contributed by atoms with Crippen LogP contribution in [0.3, 0.4) is 0 Å². The van der Waals surface area contributed by atoms with Crippen LogP contribution >= 0.6 is 11.6 Å². The monoisotopic (exact) mass is 326 g/mol. The van der Waals surface area contributed by atoms with Gasteiger partial charge in [0, 0.05) is 5.56 Å². The van der Waals surface area contributed by atoms with Crippen molar-refractivity contribution in [2.45, 2.75) is 17.1 Å². The summed E-state index contributed by atoms with van der Waals surface area (Å²) in [5.41, 5.74) is 0.138. The van der Waals surface area contributed by atoms with Gasteiger partial charge in [0.25, 0.3) is 0 Å². The molecule has 0 saturated heterocycles. The maximum atomic E-state index is 12.9. The van der Waals surface area contributed by atoms with Crippen molar-refractivity contribution in [3.8, 4) is 0 Å². The molecule has 6 heteroatoms. The summed E-state index contributed by atoms with van der Waals surface area (Å²) in [6.07, 6.45) is 0. The van der Waals surface area contributed by atoms with Gasteiger partial charge in [-0.05, 0) is 43.3 Å². The van der Waals surface area contributed by atoms with Crippen LogP contribution in [-0.4, -0.2) is 19.5 Å². The first-order valence-electron chi connectivity index (χ1n) is 6.12. The fourth-order valence-electron chi connectivity index (χ4n) is 1.86. The summed E-state index contributed by atoms with van der Waals surface area (Å²) in [6.45, 7) is 1.30. The Kier molecular flexibility index (Phi) is 4.44. The molecule has 0 aliphatic rings. The van der Waals surface area contributed by atoms with Gasteiger partial charge < -0.3 is 0 Å². The molecule has 0 radical (unpaired) electrons. The highest BCUT2D eigenvalue weighted by molar-refractivity contribution is 7.93. The fourth-order valence-corrected chi connectivity index (χ4v) is 3.72. The predicted molar refractivity (Wildman–Crippen MR) is 78.8 cm³/mol. The van der Waals surface area contributed by atoms with E-state index in [1.807, 2.05) is 0 Å². The lowest BCUT2D eigenvalue weighted by Crippen LogP contribution is -2.27. The molecule has 21 heavy (non-hydrogen) atoms. The average molecular weight is 327 g/mol. The van der Waals surface area contributed by atoms with Crippen molar-refractivity contribution in [1.82, 2.24) is 0 Å². The van der Waals surface area contributed by atoms with E-state index in [2.05, 4.69) is 0 Å². The molecule has 0 aliphatic heterocycles. The Hall–Kier alpha value is -1.72. The standard InChI is InChI=1S/C15H12ClFO3S/c1-10(15(18)11-6-8-12(17)9-7-11)21(19,20)14-5-3-2-4-13(14)16/h2-10H,1H3. The zero-order valence-corrected chi connectivity index (χ0v) is 12.7. The third-order valence-corrected chi connectivity index (χ3v) is 5.66. The van der Waals surface area contributed by atoms with Crippen LogP contribution in [0.4, 0.5) is 4.39 Å². The molecule has 0 N–H and O–H groups in total. The first kappa shape index (κ1) is 15.7. The van der Waals surface area contributed by atoms with Crippen LogP contribution in [0, 0.1) is 5.82 Å². The highest BCUT2D eigenvalue weighted by atomic mass is 35.5. The molecule has 2 rings (SSSR count). The SMILES string of the molecule is CC(C(=O)c1ccc(F)cc1)S(=O)(=O)c1ccccc1Cl. The molecule has 0 saturated carbocycles. The molecule has 0 heterocycles. The minimum Gasteiger partial charge on any atom is -0.293 e. The van der Waals surface area contributed by atoms with Gasteiger partial charge in [-0.2, -0.15) is 0 Å². The molecular formula is C15H12ClFO3S. The molecule has 110 valence electrons. The van der Waals surface area contributed by atoms with Gasteiger partial charge in [0.1, 0.15) is 11.1 Å². The molecule has 2 aromatic rings. The normalized spacial score (nSPS) is 12.9. The smallest absolute Gasteiger partial charge is 0.189 e.